The summed E-state index contributed by atoms with van der Waals surface area (Å²) in [4.78, 5) is 17.9. The Morgan fingerprint density at radius 2 is 1.96 bits per heavy atom. The summed E-state index contributed by atoms with van der Waals surface area (Å²) in [5.41, 5.74) is 0.773. The second kappa shape index (κ2) is 7.02. The van der Waals surface area contributed by atoms with Gasteiger partial charge in [0.05, 0.1) is 4.90 Å². The molecule has 3 rings (SSSR count). The zero-order chi connectivity index (χ0) is 17.9. The van der Waals surface area contributed by atoms with Crippen molar-refractivity contribution in [1.29, 1.82) is 0 Å². The van der Waals surface area contributed by atoms with Crippen LogP contribution in [-0.4, -0.2) is 43.6 Å². The zero-order valence-electron chi connectivity index (χ0n) is 13.7. The number of pyridine rings is 1. The number of carbonyl (C=O) groups excluding carboxylic acids is 1. The summed E-state index contributed by atoms with van der Waals surface area (Å²) in [6, 6.07) is 11.0. The lowest BCUT2D eigenvalue weighted by Gasteiger charge is -2.11. The summed E-state index contributed by atoms with van der Waals surface area (Å²) in [5.74, 6) is 0.219. The van der Waals surface area contributed by atoms with Crippen LogP contribution in [0.2, 0.25) is 0 Å². The molecule has 0 radical (unpaired) electrons. The molecule has 2 heterocycles. The number of nitrogens with zero attached hydrogens (tertiary/aromatic N) is 3. The van der Waals surface area contributed by atoms with Crippen LogP contribution in [-0.2, 0) is 10.0 Å². The highest BCUT2D eigenvalue weighted by Gasteiger charge is 2.20. The normalized spacial score (nSPS) is 16.2. The van der Waals surface area contributed by atoms with Crippen LogP contribution in [0.15, 0.2) is 58.0 Å². The van der Waals surface area contributed by atoms with Crippen molar-refractivity contribution >= 4 is 27.5 Å². The number of amides is 1. The lowest BCUT2D eigenvalue weighted by Crippen LogP contribution is -2.20. The number of anilines is 1. The molecule has 1 N–H and O–H groups in total. The molecule has 2 aromatic rings. The molecule has 0 aliphatic carbocycles. The molecule has 1 amide bonds. The van der Waals surface area contributed by atoms with Gasteiger partial charge < -0.3 is 10.2 Å². The van der Waals surface area contributed by atoms with E-state index in [-0.39, 0.29) is 16.5 Å². The molecule has 0 bridgehead atoms. The van der Waals surface area contributed by atoms with E-state index in [9.17, 15) is 13.2 Å². The van der Waals surface area contributed by atoms with E-state index >= 15 is 0 Å². The first kappa shape index (κ1) is 17.1. The first-order chi connectivity index (χ1) is 12.0. The fraction of sp³-hybridized carbons (Fsp3) is 0.235. The molecular formula is C17H18N4O3S. The van der Waals surface area contributed by atoms with Gasteiger partial charge in [-0.2, -0.15) is 8.42 Å². The molecule has 0 unspecified atom stereocenters. The standard InChI is InChI=1S/C17H18N4O3S/c1-21-12-4-6-16(21)20-25(23,24)14-9-7-13(8-10-14)19-17(22)15-5-2-3-11-18-15/h2-3,5,7-11H,4,6,12H2,1H3,(H,19,22). The van der Waals surface area contributed by atoms with E-state index in [0.29, 0.717) is 17.9 Å². The predicted octanol–water partition coefficient (Wildman–Crippen LogP) is 2.15. The smallest absolute Gasteiger partial charge is 0.283 e. The van der Waals surface area contributed by atoms with E-state index in [2.05, 4.69) is 14.7 Å². The SMILES string of the molecule is CN1CCCC1=NS(=O)(=O)c1ccc(NC(=O)c2ccccn2)cc1. The summed E-state index contributed by atoms with van der Waals surface area (Å²) < 4.78 is 28.7. The summed E-state index contributed by atoms with van der Waals surface area (Å²) in [6.45, 7) is 0.812. The van der Waals surface area contributed by atoms with Crippen LogP contribution < -0.4 is 5.32 Å². The topological polar surface area (TPSA) is 91.7 Å². The Morgan fingerprint density at radius 1 is 1.20 bits per heavy atom. The fourth-order valence-electron chi connectivity index (χ4n) is 2.50. The second-order valence-corrected chi connectivity index (χ2v) is 7.31. The highest BCUT2D eigenvalue weighted by molar-refractivity contribution is 7.90. The Morgan fingerprint density at radius 3 is 2.56 bits per heavy atom. The molecule has 1 fully saturated rings. The van der Waals surface area contributed by atoms with E-state index in [1.165, 1.54) is 30.5 Å². The molecule has 1 aliphatic rings. The third-order valence-corrected chi connectivity index (χ3v) is 5.19. The van der Waals surface area contributed by atoms with Gasteiger partial charge in [-0.1, -0.05) is 6.07 Å². The predicted molar refractivity (Wildman–Crippen MR) is 95.1 cm³/mol. The Kier molecular flexibility index (Phi) is 4.80. The summed E-state index contributed by atoms with van der Waals surface area (Å²) in [6.07, 6.45) is 3.10. The van der Waals surface area contributed by atoms with Gasteiger partial charge in [0.2, 0.25) is 0 Å². The molecule has 0 saturated carbocycles. The highest BCUT2D eigenvalue weighted by Crippen LogP contribution is 2.19. The average Bonchev–Trinajstić information content (AvgIpc) is 3.00. The molecule has 1 aromatic heterocycles. The molecule has 8 heteroatoms. The molecule has 7 nitrogen and oxygen atoms in total. The summed E-state index contributed by atoms with van der Waals surface area (Å²) in [5, 5.41) is 2.68. The molecular weight excluding hydrogens is 340 g/mol. The quantitative estimate of drug-likeness (QED) is 0.904. The number of rotatable bonds is 4. The van der Waals surface area contributed by atoms with Crippen LogP contribution in [0.25, 0.3) is 0 Å². The number of nitrogens with one attached hydrogen (secondary N) is 1. The number of benzene rings is 1. The van der Waals surface area contributed by atoms with Gasteiger partial charge in [-0.05, 0) is 42.8 Å². The molecule has 130 valence electrons. The van der Waals surface area contributed by atoms with Crippen LogP contribution in [0.3, 0.4) is 0 Å². The highest BCUT2D eigenvalue weighted by atomic mass is 32.2. The fourth-order valence-corrected chi connectivity index (χ4v) is 3.60. The van der Waals surface area contributed by atoms with Gasteiger partial charge in [0.15, 0.2) is 0 Å². The van der Waals surface area contributed by atoms with Crippen molar-refractivity contribution < 1.29 is 13.2 Å². The largest absolute Gasteiger partial charge is 0.362 e. The van der Waals surface area contributed by atoms with E-state index in [1.807, 2.05) is 11.9 Å². The van der Waals surface area contributed by atoms with Crippen LogP contribution in [0.5, 0.6) is 0 Å². The number of carbonyl (C=O) groups is 1. The van der Waals surface area contributed by atoms with Gasteiger partial charge in [-0.15, -0.1) is 4.40 Å². The Bertz CT molecular complexity index is 893. The van der Waals surface area contributed by atoms with E-state index in [1.54, 1.807) is 18.2 Å². The van der Waals surface area contributed by atoms with Gasteiger partial charge in [0.25, 0.3) is 15.9 Å². The lowest BCUT2D eigenvalue weighted by molar-refractivity contribution is 0.102. The average molecular weight is 358 g/mol. The van der Waals surface area contributed by atoms with Crippen LogP contribution >= 0.6 is 0 Å². The molecule has 1 aromatic carbocycles. The molecule has 1 aliphatic heterocycles. The third-order valence-electron chi connectivity index (χ3n) is 3.87. The first-order valence-corrected chi connectivity index (χ1v) is 9.27. The van der Waals surface area contributed by atoms with Crippen LogP contribution in [0, 0.1) is 0 Å². The Hall–Kier alpha value is -2.74. The van der Waals surface area contributed by atoms with Gasteiger partial charge >= 0.3 is 0 Å². The monoisotopic (exact) mass is 358 g/mol. The van der Waals surface area contributed by atoms with Crippen LogP contribution in [0.1, 0.15) is 23.3 Å². The third kappa shape index (κ3) is 4.03. The van der Waals surface area contributed by atoms with Gasteiger partial charge in [-0.3, -0.25) is 9.78 Å². The first-order valence-electron chi connectivity index (χ1n) is 7.83. The van der Waals surface area contributed by atoms with Crippen molar-refractivity contribution in [1.82, 2.24) is 9.88 Å². The lowest BCUT2D eigenvalue weighted by atomic mass is 10.3. The van der Waals surface area contributed by atoms with E-state index in [0.717, 1.165) is 13.0 Å². The van der Waals surface area contributed by atoms with Gasteiger partial charge in [0, 0.05) is 31.9 Å². The summed E-state index contributed by atoms with van der Waals surface area (Å²) >= 11 is 0. The molecule has 1 saturated heterocycles. The van der Waals surface area contributed by atoms with E-state index < -0.39 is 10.0 Å². The molecule has 0 atom stereocenters. The van der Waals surface area contributed by atoms with Crippen molar-refractivity contribution in [3.63, 3.8) is 0 Å². The van der Waals surface area contributed by atoms with Crippen LogP contribution in [0.4, 0.5) is 5.69 Å². The van der Waals surface area contributed by atoms with Crippen molar-refractivity contribution in [2.24, 2.45) is 4.40 Å². The Balaban J connectivity index is 1.75. The molecule has 25 heavy (non-hydrogen) atoms. The maximum Gasteiger partial charge on any atom is 0.283 e. The molecule has 0 spiro atoms. The summed E-state index contributed by atoms with van der Waals surface area (Å²) in [7, 11) is -1.92. The number of amidine groups is 1. The second-order valence-electron chi connectivity index (χ2n) is 5.70. The maximum absolute atomic E-state index is 12.4. The van der Waals surface area contributed by atoms with Crippen molar-refractivity contribution in [2.45, 2.75) is 17.7 Å². The number of aromatic nitrogens is 1. The minimum atomic E-state index is -3.75. The van der Waals surface area contributed by atoms with E-state index in [4.69, 9.17) is 0 Å². The number of hydrogen-bond donors (Lipinski definition) is 1. The minimum absolute atomic E-state index is 0.0936. The number of likely N-dealkylation sites (tertiary alicyclic amines) is 1. The van der Waals surface area contributed by atoms with Crippen molar-refractivity contribution in [3.05, 3.63) is 54.4 Å². The van der Waals surface area contributed by atoms with Crippen molar-refractivity contribution in [3.8, 4) is 0 Å². The van der Waals surface area contributed by atoms with Gasteiger partial charge in [0.1, 0.15) is 11.5 Å². The number of hydrogen-bond acceptors (Lipinski definition) is 4. The van der Waals surface area contributed by atoms with Gasteiger partial charge in [-0.25, -0.2) is 0 Å². The maximum atomic E-state index is 12.4. The van der Waals surface area contributed by atoms with Crippen molar-refractivity contribution in [2.75, 3.05) is 18.9 Å². The minimum Gasteiger partial charge on any atom is -0.362 e. The number of sulfonamides is 1. The zero-order valence-corrected chi connectivity index (χ0v) is 14.5. The Labute approximate surface area is 146 Å².